The van der Waals surface area contributed by atoms with E-state index in [1.54, 1.807) is 0 Å². The van der Waals surface area contributed by atoms with Gasteiger partial charge < -0.3 is 5.32 Å². The van der Waals surface area contributed by atoms with E-state index in [0.717, 1.165) is 30.8 Å². The minimum atomic E-state index is 0.544. The molecule has 0 bridgehead atoms. The topological polar surface area (TPSA) is 28.2 Å². The largest absolute Gasteiger partial charge is 0.383 e. The van der Waals surface area contributed by atoms with Crippen LogP contribution in [-0.2, 0) is 0 Å². The molecule has 0 aliphatic carbocycles. The van der Waals surface area contributed by atoms with Gasteiger partial charge in [0.2, 0.25) is 0 Å². The molecule has 22 heavy (non-hydrogen) atoms. The Balaban J connectivity index is 2.23. The van der Waals surface area contributed by atoms with Gasteiger partial charge in [0.15, 0.2) is 0 Å². The van der Waals surface area contributed by atoms with Crippen LogP contribution in [0.15, 0.2) is 30.3 Å². The van der Waals surface area contributed by atoms with Gasteiger partial charge in [0.05, 0.1) is 5.52 Å². The third-order valence-corrected chi connectivity index (χ3v) is 4.40. The number of likely N-dealkylation sites (N-methyl/N-ethyl adjacent to an activating group) is 1. The van der Waals surface area contributed by atoms with Crippen molar-refractivity contribution in [2.75, 3.05) is 25.0 Å². The van der Waals surface area contributed by atoms with E-state index in [0.29, 0.717) is 12.0 Å². The first-order valence-corrected chi connectivity index (χ1v) is 8.41. The minimum absolute atomic E-state index is 0.544. The third-order valence-electron chi connectivity index (χ3n) is 4.40. The van der Waals surface area contributed by atoms with Gasteiger partial charge in [-0.1, -0.05) is 45.9 Å². The van der Waals surface area contributed by atoms with E-state index < -0.39 is 0 Å². The lowest BCUT2D eigenvalue weighted by molar-refractivity contribution is 0.180. The van der Waals surface area contributed by atoms with Gasteiger partial charge in [-0.2, -0.15) is 0 Å². The van der Waals surface area contributed by atoms with Crippen LogP contribution in [0.2, 0.25) is 0 Å². The van der Waals surface area contributed by atoms with Crippen molar-refractivity contribution in [2.24, 2.45) is 5.92 Å². The molecule has 0 unspecified atom stereocenters. The Labute approximate surface area is 134 Å². The fraction of sp³-hybridized carbons (Fsp3) is 0.526. The van der Waals surface area contributed by atoms with Gasteiger partial charge in [0, 0.05) is 29.4 Å². The number of fused-ring (bicyclic) bond motifs is 1. The Morgan fingerprint density at radius 1 is 1.14 bits per heavy atom. The van der Waals surface area contributed by atoms with Crippen LogP contribution in [-0.4, -0.2) is 35.6 Å². The molecule has 2 rings (SSSR count). The van der Waals surface area contributed by atoms with Gasteiger partial charge in [-0.05, 0) is 38.1 Å². The summed E-state index contributed by atoms with van der Waals surface area (Å²) in [5.74, 6) is 0.626. The van der Waals surface area contributed by atoms with Crippen molar-refractivity contribution in [3.63, 3.8) is 0 Å². The fourth-order valence-electron chi connectivity index (χ4n) is 3.15. The molecule has 1 aromatic heterocycles. The lowest BCUT2D eigenvalue weighted by Crippen LogP contribution is -2.43. The number of pyridine rings is 1. The quantitative estimate of drug-likeness (QED) is 0.825. The zero-order valence-electron chi connectivity index (χ0n) is 14.6. The molecule has 0 aliphatic rings. The van der Waals surface area contributed by atoms with Crippen LogP contribution in [0.4, 0.5) is 5.69 Å². The van der Waals surface area contributed by atoms with E-state index in [9.17, 15) is 0 Å². The summed E-state index contributed by atoms with van der Waals surface area (Å²) in [5, 5.41) is 4.88. The number of hydrogen-bond acceptors (Lipinski definition) is 3. The summed E-state index contributed by atoms with van der Waals surface area (Å²) in [6.45, 7) is 14.3. The van der Waals surface area contributed by atoms with Gasteiger partial charge in [0.25, 0.3) is 0 Å². The van der Waals surface area contributed by atoms with E-state index in [2.05, 4.69) is 74.1 Å². The summed E-state index contributed by atoms with van der Waals surface area (Å²) in [7, 11) is 0. The molecule has 1 aromatic carbocycles. The monoisotopic (exact) mass is 299 g/mol. The second kappa shape index (κ2) is 7.59. The van der Waals surface area contributed by atoms with Gasteiger partial charge in [-0.15, -0.1) is 0 Å². The second-order valence-corrected chi connectivity index (χ2v) is 6.24. The van der Waals surface area contributed by atoms with Gasteiger partial charge in [-0.25, -0.2) is 0 Å². The van der Waals surface area contributed by atoms with Crippen molar-refractivity contribution in [3.05, 3.63) is 36.0 Å². The van der Waals surface area contributed by atoms with Crippen molar-refractivity contribution in [1.29, 1.82) is 0 Å². The Bertz CT molecular complexity index is 603. The molecule has 120 valence electrons. The van der Waals surface area contributed by atoms with Crippen LogP contribution in [0.5, 0.6) is 0 Å². The number of nitrogens with one attached hydrogen (secondary N) is 1. The zero-order chi connectivity index (χ0) is 16.1. The Hall–Kier alpha value is -1.61. The highest BCUT2D eigenvalue weighted by Crippen LogP contribution is 2.23. The standard InChI is InChI=1S/C19H29N3/c1-6-22(7-2)19(14(3)4)13-20-18-12-15(5)21-17-11-9-8-10-16(17)18/h8-12,14,19H,6-7,13H2,1-5H3,(H,20,21)/t19-/m1/s1. The smallest absolute Gasteiger partial charge is 0.0725 e. The van der Waals surface area contributed by atoms with E-state index in [1.165, 1.54) is 11.1 Å². The van der Waals surface area contributed by atoms with Crippen molar-refractivity contribution in [1.82, 2.24) is 9.88 Å². The Morgan fingerprint density at radius 2 is 1.82 bits per heavy atom. The number of aryl methyl sites for hydroxylation is 1. The molecule has 1 atom stereocenters. The van der Waals surface area contributed by atoms with Crippen LogP contribution < -0.4 is 5.32 Å². The molecule has 1 heterocycles. The molecule has 0 amide bonds. The maximum Gasteiger partial charge on any atom is 0.0725 e. The predicted octanol–water partition coefficient (Wildman–Crippen LogP) is 4.32. The maximum atomic E-state index is 4.62. The lowest BCUT2D eigenvalue weighted by atomic mass is 10.0. The first-order chi connectivity index (χ1) is 10.6. The average molecular weight is 299 g/mol. The normalized spacial score (nSPS) is 13.0. The highest BCUT2D eigenvalue weighted by atomic mass is 15.2. The molecular weight excluding hydrogens is 270 g/mol. The maximum absolute atomic E-state index is 4.62. The molecule has 0 aliphatic heterocycles. The Kier molecular flexibility index (Phi) is 5.78. The summed E-state index contributed by atoms with van der Waals surface area (Å²) in [5.41, 5.74) is 3.32. The van der Waals surface area contributed by atoms with Crippen molar-refractivity contribution in [3.8, 4) is 0 Å². The highest BCUT2D eigenvalue weighted by Gasteiger charge is 2.19. The molecule has 2 aromatic rings. The molecule has 0 saturated carbocycles. The van der Waals surface area contributed by atoms with Crippen LogP contribution in [0, 0.1) is 12.8 Å². The van der Waals surface area contributed by atoms with E-state index in [4.69, 9.17) is 0 Å². The van der Waals surface area contributed by atoms with E-state index in [1.807, 2.05) is 6.07 Å². The van der Waals surface area contributed by atoms with Gasteiger partial charge in [-0.3, -0.25) is 9.88 Å². The van der Waals surface area contributed by atoms with Crippen LogP contribution in [0.25, 0.3) is 10.9 Å². The first kappa shape index (κ1) is 16.8. The van der Waals surface area contributed by atoms with Crippen molar-refractivity contribution < 1.29 is 0 Å². The predicted molar refractivity (Wildman–Crippen MR) is 96.5 cm³/mol. The number of aromatic nitrogens is 1. The third kappa shape index (κ3) is 3.77. The molecule has 1 N–H and O–H groups in total. The summed E-state index contributed by atoms with van der Waals surface area (Å²) in [6.07, 6.45) is 0. The fourth-order valence-corrected chi connectivity index (χ4v) is 3.15. The van der Waals surface area contributed by atoms with Crippen LogP contribution >= 0.6 is 0 Å². The van der Waals surface area contributed by atoms with Crippen LogP contribution in [0.3, 0.4) is 0 Å². The molecule has 3 nitrogen and oxygen atoms in total. The number of nitrogens with zero attached hydrogens (tertiary/aromatic N) is 2. The lowest BCUT2D eigenvalue weighted by Gasteiger charge is -2.33. The SMILES string of the molecule is CCN(CC)[C@H](CNc1cc(C)nc2ccccc12)C(C)C. The number of anilines is 1. The molecular formula is C19H29N3. The summed E-state index contributed by atoms with van der Waals surface area (Å²) < 4.78 is 0. The summed E-state index contributed by atoms with van der Waals surface area (Å²) >= 11 is 0. The molecule has 0 radical (unpaired) electrons. The molecule has 0 fully saturated rings. The first-order valence-electron chi connectivity index (χ1n) is 8.41. The van der Waals surface area contributed by atoms with Crippen molar-refractivity contribution >= 4 is 16.6 Å². The van der Waals surface area contributed by atoms with Gasteiger partial charge >= 0.3 is 0 Å². The number of rotatable bonds is 7. The second-order valence-electron chi connectivity index (χ2n) is 6.24. The minimum Gasteiger partial charge on any atom is -0.383 e. The molecule has 0 saturated heterocycles. The molecule has 0 spiro atoms. The number of para-hydroxylation sites is 1. The zero-order valence-corrected chi connectivity index (χ0v) is 14.6. The van der Waals surface area contributed by atoms with Gasteiger partial charge in [0.1, 0.15) is 0 Å². The average Bonchev–Trinajstić information content (AvgIpc) is 2.50. The molecule has 3 heteroatoms. The Morgan fingerprint density at radius 3 is 2.45 bits per heavy atom. The number of benzene rings is 1. The van der Waals surface area contributed by atoms with E-state index in [-0.39, 0.29) is 0 Å². The summed E-state index contributed by atoms with van der Waals surface area (Å²) in [6, 6.07) is 11.0. The van der Waals surface area contributed by atoms with Crippen molar-refractivity contribution in [2.45, 2.75) is 40.7 Å². The summed E-state index contributed by atoms with van der Waals surface area (Å²) in [4.78, 5) is 7.15. The number of hydrogen-bond donors (Lipinski definition) is 1. The van der Waals surface area contributed by atoms with E-state index >= 15 is 0 Å². The van der Waals surface area contributed by atoms with Crippen LogP contribution in [0.1, 0.15) is 33.4 Å². The highest BCUT2D eigenvalue weighted by molar-refractivity contribution is 5.91.